The first kappa shape index (κ1) is 36.3. The number of unbranched alkanes of at least 4 members (excludes halogenated alkanes) is 3. The van der Waals surface area contributed by atoms with E-state index in [0.29, 0.717) is 29.8 Å². The fourth-order valence-electron chi connectivity index (χ4n) is 8.63. The Bertz CT molecular complexity index is 1570. The summed E-state index contributed by atoms with van der Waals surface area (Å²) >= 11 is 0. The van der Waals surface area contributed by atoms with Gasteiger partial charge < -0.3 is 20.9 Å². The molecule has 262 valence electrons. The average molecular weight is 665 g/mol. The first-order chi connectivity index (χ1) is 23.8. The second-order valence-electron chi connectivity index (χ2n) is 14.5. The Balaban J connectivity index is 1.67. The van der Waals surface area contributed by atoms with Crippen molar-refractivity contribution in [2.75, 3.05) is 13.7 Å². The maximum Gasteiger partial charge on any atom is 0.160 e. The van der Waals surface area contributed by atoms with E-state index in [1.54, 1.807) is 6.07 Å². The summed E-state index contributed by atoms with van der Waals surface area (Å²) in [4.78, 5) is 28.2. The minimum absolute atomic E-state index is 0.0229. The van der Waals surface area contributed by atoms with E-state index in [0.717, 1.165) is 87.4 Å². The number of hydrogen-bond acceptors (Lipinski definition) is 6. The number of Topliss-reactive ketones (excluding diaryl/α,β-unsaturated/α-hetero) is 2. The number of methoxy groups -OCH3 is 1. The molecular formula is C43H56N2O4. The van der Waals surface area contributed by atoms with Crippen LogP contribution in [0.1, 0.15) is 114 Å². The molecule has 5 rings (SSSR count). The predicted octanol–water partition coefficient (Wildman–Crippen LogP) is 8.38. The molecule has 1 aliphatic heterocycles. The highest BCUT2D eigenvalue weighted by atomic mass is 16.5. The van der Waals surface area contributed by atoms with Gasteiger partial charge in [0.25, 0.3) is 0 Å². The number of hydrogen-bond donors (Lipinski definition) is 3. The van der Waals surface area contributed by atoms with Crippen molar-refractivity contribution in [2.24, 2.45) is 35.3 Å². The molecular weight excluding hydrogens is 608 g/mol. The van der Waals surface area contributed by atoms with Crippen molar-refractivity contribution in [1.29, 1.82) is 0 Å². The molecule has 2 aromatic rings. The van der Waals surface area contributed by atoms with Crippen molar-refractivity contribution < 1.29 is 19.4 Å². The topological polar surface area (TPSA) is 102 Å². The third-order valence-corrected chi connectivity index (χ3v) is 11.0. The van der Waals surface area contributed by atoms with E-state index in [1.807, 2.05) is 24.3 Å². The van der Waals surface area contributed by atoms with Crippen LogP contribution in [0.25, 0.3) is 0 Å². The molecule has 0 unspecified atom stereocenters. The van der Waals surface area contributed by atoms with Gasteiger partial charge in [0.15, 0.2) is 11.5 Å². The van der Waals surface area contributed by atoms with Crippen LogP contribution in [0.5, 0.6) is 11.5 Å². The second-order valence-corrected chi connectivity index (χ2v) is 14.5. The first-order valence-corrected chi connectivity index (χ1v) is 18.7. The second kappa shape index (κ2) is 17.6. The molecule has 6 nitrogen and oxygen atoms in total. The van der Waals surface area contributed by atoms with E-state index in [9.17, 15) is 14.7 Å². The Labute approximate surface area is 294 Å². The van der Waals surface area contributed by atoms with E-state index >= 15 is 0 Å². The highest BCUT2D eigenvalue weighted by molar-refractivity contribution is 6.00. The Morgan fingerprint density at radius 2 is 1.78 bits per heavy atom. The van der Waals surface area contributed by atoms with E-state index in [-0.39, 0.29) is 53.8 Å². The normalized spacial score (nSPS) is 25.9. The van der Waals surface area contributed by atoms with Crippen LogP contribution in [0.15, 0.2) is 66.0 Å². The van der Waals surface area contributed by atoms with Gasteiger partial charge in [0.2, 0.25) is 0 Å². The summed E-state index contributed by atoms with van der Waals surface area (Å²) in [5.41, 5.74) is 10.3. The van der Waals surface area contributed by atoms with E-state index < -0.39 is 0 Å². The van der Waals surface area contributed by atoms with Gasteiger partial charge in [-0.05, 0) is 90.3 Å². The summed E-state index contributed by atoms with van der Waals surface area (Å²) in [5.74, 6) is 8.85. The standard InChI is InChI=1S/C43H56N2O4/c1-4-6-9-15-37-32(12-7-5-2)23-30(22-29-20-21-45-42(44)25-29)24-34-17-19-36(31-13-10-8-11-14-31)38-28-39(47)41(49-3)26-33(38)16-18-35(46)27-40(48)43(34)37/h8,10-11,13-14,20,25-26,28,30,32,34,36-37,43,45,47H,4-7,9,12,15-16,18,21-24,27,44H2,1-3H3/t30-,32+,34-,36+,37-,43-/m1/s1. The lowest BCUT2D eigenvalue weighted by Crippen LogP contribution is -2.34. The van der Waals surface area contributed by atoms with Crippen LogP contribution in [0.4, 0.5) is 0 Å². The molecule has 6 heteroatoms. The minimum atomic E-state index is -0.329. The number of nitrogens with two attached hydrogens (primary N) is 1. The van der Waals surface area contributed by atoms with Gasteiger partial charge in [-0.1, -0.05) is 101 Å². The molecule has 2 aliphatic carbocycles. The Morgan fingerprint density at radius 1 is 0.980 bits per heavy atom. The molecule has 2 aromatic carbocycles. The maximum absolute atomic E-state index is 14.6. The number of aryl methyl sites for hydroxylation is 1. The third kappa shape index (κ3) is 9.38. The fourth-order valence-corrected chi connectivity index (χ4v) is 8.63. The van der Waals surface area contributed by atoms with Crippen molar-refractivity contribution in [3.8, 4) is 23.3 Å². The molecule has 0 radical (unpaired) electrons. The van der Waals surface area contributed by atoms with Crippen LogP contribution < -0.4 is 15.8 Å². The largest absolute Gasteiger partial charge is 0.504 e. The smallest absolute Gasteiger partial charge is 0.160 e. The van der Waals surface area contributed by atoms with Gasteiger partial charge in [0, 0.05) is 24.8 Å². The summed E-state index contributed by atoms with van der Waals surface area (Å²) in [6, 6.07) is 13.8. The average Bonchev–Trinajstić information content (AvgIpc) is 3.23. The molecule has 6 atom stereocenters. The van der Waals surface area contributed by atoms with E-state index in [2.05, 4.69) is 55.3 Å². The molecule has 0 amide bonds. The van der Waals surface area contributed by atoms with Crippen LogP contribution in [0, 0.1) is 41.4 Å². The van der Waals surface area contributed by atoms with E-state index in [1.165, 1.54) is 12.7 Å². The van der Waals surface area contributed by atoms with Crippen molar-refractivity contribution in [1.82, 2.24) is 5.32 Å². The molecule has 3 aliphatic rings. The molecule has 1 saturated carbocycles. The summed E-state index contributed by atoms with van der Waals surface area (Å²) < 4.78 is 5.48. The van der Waals surface area contributed by atoms with Gasteiger partial charge in [0.1, 0.15) is 11.6 Å². The lowest BCUT2D eigenvalue weighted by atomic mass is 9.69. The molecule has 0 bridgehead atoms. The molecule has 0 aromatic heterocycles. The number of allylic oxidation sites excluding steroid dienone is 2. The molecule has 0 saturated heterocycles. The number of carbonyl (C=O) groups excluding carboxylic acids is 2. The quantitative estimate of drug-likeness (QED) is 0.127. The zero-order valence-corrected chi connectivity index (χ0v) is 29.8. The Kier molecular flexibility index (Phi) is 13.0. The van der Waals surface area contributed by atoms with Crippen molar-refractivity contribution >= 4 is 11.6 Å². The number of benzene rings is 2. The molecule has 0 spiro atoms. The maximum atomic E-state index is 14.6. The lowest BCUT2D eigenvalue weighted by Gasteiger charge is -2.34. The number of ether oxygens (including phenoxy) is 1. The highest BCUT2D eigenvalue weighted by Gasteiger charge is 2.43. The number of aromatic hydroxyl groups is 1. The predicted molar refractivity (Wildman–Crippen MR) is 197 cm³/mol. The molecule has 1 fully saturated rings. The number of fused-ring (bicyclic) bond motifs is 2. The van der Waals surface area contributed by atoms with Gasteiger partial charge in [-0.25, -0.2) is 0 Å². The molecule has 4 N–H and O–H groups in total. The van der Waals surface area contributed by atoms with Crippen molar-refractivity contribution in [3.05, 3.63) is 82.7 Å². The Hall–Kier alpha value is -3.98. The molecule has 1 heterocycles. The van der Waals surface area contributed by atoms with Crippen LogP contribution in [-0.4, -0.2) is 30.3 Å². The molecule has 49 heavy (non-hydrogen) atoms. The third-order valence-electron chi connectivity index (χ3n) is 11.0. The number of ketones is 2. The zero-order chi connectivity index (χ0) is 34.8. The fraction of sp³-hybridized carbons (Fsp3) is 0.535. The SMILES string of the molecule is CCCCC[C@@H]1[C@@H](CCCC)C[C@@H](CC2=CCNC(N)=C2)C[C@H]2C#C[C@@H](c3ccccc3)c3cc(O)c(OC)cc3CCC(=O)CC(=O)[C@@H]12. The summed E-state index contributed by atoms with van der Waals surface area (Å²) in [6.45, 7) is 5.20. The first-order valence-electron chi connectivity index (χ1n) is 18.7. The number of dihydropyridines is 1. The summed E-state index contributed by atoms with van der Waals surface area (Å²) in [6.07, 6.45) is 15.5. The lowest BCUT2D eigenvalue weighted by molar-refractivity contribution is -0.131. The van der Waals surface area contributed by atoms with Crippen LogP contribution in [-0.2, 0) is 16.0 Å². The van der Waals surface area contributed by atoms with Gasteiger partial charge >= 0.3 is 0 Å². The van der Waals surface area contributed by atoms with E-state index in [4.69, 9.17) is 10.5 Å². The zero-order valence-electron chi connectivity index (χ0n) is 29.8. The number of rotatable bonds is 11. The van der Waals surface area contributed by atoms with Gasteiger partial charge in [-0.3, -0.25) is 9.59 Å². The van der Waals surface area contributed by atoms with Crippen LogP contribution in [0.3, 0.4) is 0 Å². The number of phenolic OH excluding ortho intramolecular Hbond substituents is 1. The summed E-state index contributed by atoms with van der Waals surface area (Å²) in [5, 5.41) is 14.2. The van der Waals surface area contributed by atoms with Crippen LogP contribution >= 0.6 is 0 Å². The number of nitrogens with one attached hydrogen (secondary N) is 1. The van der Waals surface area contributed by atoms with Crippen LogP contribution in [0.2, 0.25) is 0 Å². The Morgan fingerprint density at radius 3 is 2.51 bits per heavy atom. The van der Waals surface area contributed by atoms with Gasteiger partial charge in [0.05, 0.1) is 25.3 Å². The summed E-state index contributed by atoms with van der Waals surface area (Å²) in [7, 11) is 1.53. The minimum Gasteiger partial charge on any atom is -0.504 e. The number of carbonyl (C=O) groups is 2. The number of phenols is 1. The van der Waals surface area contributed by atoms with Crippen molar-refractivity contribution in [2.45, 2.75) is 103 Å². The van der Waals surface area contributed by atoms with Gasteiger partial charge in [-0.2, -0.15) is 0 Å². The van der Waals surface area contributed by atoms with Gasteiger partial charge in [-0.15, -0.1) is 0 Å². The highest BCUT2D eigenvalue weighted by Crippen LogP contribution is 2.47. The monoisotopic (exact) mass is 664 g/mol. The van der Waals surface area contributed by atoms with Crippen molar-refractivity contribution in [3.63, 3.8) is 0 Å².